The van der Waals surface area contributed by atoms with Gasteiger partial charge in [-0.15, -0.1) is 0 Å². The molecule has 0 aromatic carbocycles. The Morgan fingerprint density at radius 3 is 2.22 bits per heavy atom. The van der Waals surface area contributed by atoms with Crippen LogP contribution in [0.25, 0.3) is 0 Å². The van der Waals surface area contributed by atoms with E-state index in [-0.39, 0.29) is 6.04 Å². The van der Waals surface area contributed by atoms with Crippen LogP contribution in [0.4, 0.5) is 4.79 Å². The molecular formula is C12H24N2O3S. The molecule has 6 heteroatoms. The molecule has 2 amide bonds. The van der Waals surface area contributed by atoms with E-state index in [0.29, 0.717) is 0 Å². The number of carboxylic acid groups (broad SMARTS) is 1. The lowest BCUT2D eigenvalue weighted by molar-refractivity contribution is -0.141. The van der Waals surface area contributed by atoms with Gasteiger partial charge in [-0.2, -0.15) is 11.8 Å². The van der Waals surface area contributed by atoms with Crippen molar-refractivity contribution in [1.29, 1.82) is 0 Å². The average Bonchev–Trinajstić information content (AvgIpc) is 2.21. The van der Waals surface area contributed by atoms with Crippen molar-refractivity contribution >= 4 is 23.8 Å². The molecule has 106 valence electrons. The largest absolute Gasteiger partial charge is 0.480 e. The summed E-state index contributed by atoms with van der Waals surface area (Å²) in [7, 11) is 0. The van der Waals surface area contributed by atoms with E-state index >= 15 is 0 Å². The number of carbonyl (C=O) groups excluding carboxylic acids is 1. The zero-order chi connectivity index (χ0) is 14.3. The number of carbonyl (C=O) groups is 2. The van der Waals surface area contributed by atoms with E-state index in [9.17, 15) is 9.59 Å². The third-order valence-electron chi connectivity index (χ3n) is 2.52. The predicted octanol–water partition coefficient (Wildman–Crippen LogP) is 1.93. The van der Waals surface area contributed by atoms with E-state index < -0.39 is 23.5 Å². The molecule has 0 aromatic rings. The molecule has 3 N–H and O–H groups in total. The Balaban J connectivity index is 4.31. The standard InChI is InChI=1S/C12H24N2O3S/c1-8(6-7-18-5)13-11(17)14-9(10(15)16)12(2,3)4/h8-9H,6-7H2,1-5H3,(H,15,16)(H2,13,14,17)/t8?,9-/m0/s1. The van der Waals surface area contributed by atoms with Crippen LogP contribution in [0.3, 0.4) is 0 Å². The summed E-state index contributed by atoms with van der Waals surface area (Å²) in [6.07, 6.45) is 2.87. The van der Waals surface area contributed by atoms with Gasteiger partial charge in [0.1, 0.15) is 6.04 Å². The van der Waals surface area contributed by atoms with Crippen LogP contribution in [0.15, 0.2) is 0 Å². The van der Waals surface area contributed by atoms with Gasteiger partial charge in [0.2, 0.25) is 0 Å². The molecular weight excluding hydrogens is 252 g/mol. The van der Waals surface area contributed by atoms with Gasteiger partial charge in [-0.3, -0.25) is 0 Å². The average molecular weight is 276 g/mol. The van der Waals surface area contributed by atoms with Gasteiger partial charge >= 0.3 is 12.0 Å². The van der Waals surface area contributed by atoms with Crippen LogP contribution >= 0.6 is 11.8 Å². The first-order chi connectivity index (χ1) is 8.18. The highest BCUT2D eigenvalue weighted by atomic mass is 32.2. The molecule has 0 aliphatic heterocycles. The summed E-state index contributed by atoms with van der Waals surface area (Å²) >= 11 is 1.71. The minimum Gasteiger partial charge on any atom is -0.480 e. The second-order valence-electron chi connectivity index (χ2n) is 5.44. The highest BCUT2D eigenvalue weighted by Gasteiger charge is 2.32. The zero-order valence-electron chi connectivity index (χ0n) is 11.7. The number of rotatable bonds is 6. The van der Waals surface area contributed by atoms with Crippen LogP contribution in [-0.2, 0) is 4.79 Å². The van der Waals surface area contributed by atoms with Crippen LogP contribution < -0.4 is 10.6 Å². The lowest BCUT2D eigenvalue weighted by Crippen LogP contribution is -2.53. The molecule has 0 heterocycles. The van der Waals surface area contributed by atoms with E-state index in [1.807, 2.05) is 13.2 Å². The molecule has 18 heavy (non-hydrogen) atoms. The Morgan fingerprint density at radius 2 is 1.83 bits per heavy atom. The van der Waals surface area contributed by atoms with E-state index in [1.54, 1.807) is 32.5 Å². The van der Waals surface area contributed by atoms with Crippen molar-refractivity contribution in [3.8, 4) is 0 Å². The van der Waals surface area contributed by atoms with Crippen molar-refractivity contribution in [3.63, 3.8) is 0 Å². The van der Waals surface area contributed by atoms with E-state index in [0.717, 1.165) is 12.2 Å². The van der Waals surface area contributed by atoms with E-state index in [4.69, 9.17) is 5.11 Å². The minimum atomic E-state index is -1.02. The van der Waals surface area contributed by atoms with Crippen LogP contribution in [0.2, 0.25) is 0 Å². The summed E-state index contributed by atoms with van der Waals surface area (Å²) in [6, 6.07) is -1.29. The number of thioether (sulfide) groups is 1. The normalized spacial score (nSPS) is 14.7. The second-order valence-corrected chi connectivity index (χ2v) is 6.42. The number of urea groups is 1. The Hall–Kier alpha value is -0.910. The fraction of sp³-hybridized carbons (Fsp3) is 0.833. The summed E-state index contributed by atoms with van der Waals surface area (Å²) in [6.45, 7) is 7.25. The first-order valence-corrected chi connectivity index (χ1v) is 7.36. The Morgan fingerprint density at radius 1 is 1.28 bits per heavy atom. The zero-order valence-corrected chi connectivity index (χ0v) is 12.6. The molecule has 0 bridgehead atoms. The van der Waals surface area contributed by atoms with Crippen molar-refractivity contribution in [3.05, 3.63) is 0 Å². The van der Waals surface area contributed by atoms with Gasteiger partial charge in [0, 0.05) is 6.04 Å². The molecule has 0 fully saturated rings. The molecule has 1 unspecified atom stereocenters. The maximum atomic E-state index is 11.7. The van der Waals surface area contributed by atoms with Crippen LogP contribution in [-0.4, -0.2) is 41.2 Å². The molecule has 0 saturated heterocycles. The fourth-order valence-electron chi connectivity index (χ4n) is 1.41. The Kier molecular flexibility index (Phi) is 7.13. The Bertz CT molecular complexity index is 290. The summed E-state index contributed by atoms with van der Waals surface area (Å²) in [4.78, 5) is 22.8. The van der Waals surface area contributed by atoms with Gasteiger partial charge in [-0.25, -0.2) is 9.59 Å². The molecule has 0 aromatic heterocycles. The van der Waals surface area contributed by atoms with E-state index in [2.05, 4.69) is 10.6 Å². The van der Waals surface area contributed by atoms with Crippen molar-refractivity contribution in [1.82, 2.24) is 10.6 Å². The third kappa shape index (κ3) is 6.74. The summed E-state index contributed by atoms with van der Waals surface area (Å²) in [5.74, 6) is -0.0577. The van der Waals surface area contributed by atoms with Crippen molar-refractivity contribution in [2.75, 3.05) is 12.0 Å². The molecule has 0 radical (unpaired) electrons. The highest BCUT2D eigenvalue weighted by molar-refractivity contribution is 7.98. The molecule has 0 spiro atoms. The second kappa shape index (κ2) is 7.51. The maximum absolute atomic E-state index is 11.7. The summed E-state index contributed by atoms with van der Waals surface area (Å²) in [5, 5.41) is 14.3. The molecule has 0 rings (SSSR count). The maximum Gasteiger partial charge on any atom is 0.326 e. The number of amides is 2. The summed E-state index contributed by atoms with van der Waals surface area (Å²) < 4.78 is 0. The number of hydrogen-bond donors (Lipinski definition) is 3. The monoisotopic (exact) mass is 276 g/mol. The number of aliphatic carboxylic acids is 1. The minimum absolute atomic E-state index is 0.0341. The van der Waals surface area contributed by atoms with Gasteiger partial charge in [-0.05, 0) is 30.8 Å². The van der Waals surface area contributed by atoms with Crippen molar-refractivity contribution in [2.24, 2.45) is 5.41 Å². The predicted molar refractivity (Wildman–Crippen MR) is 75.0 cm³/mol. The quantitative estimate of drug-likeness (QED) is 0.692. The van der Waals surface area contributed by atoms with Crippen LogP contribution in [0, 0.1) is 5.41 Å². The van der Waals surface area contributed by atoms with Crippen LogP contribution in [0.1, 0.15) is 34.1 Å². The topological polar surface area (TPSA) is 78.4 Å². The van der Waals surface area contributed by atoms with Crippen LogP contribution in [0.5, 0.6) is 0 Å². The van der Waals surface area contributed by atoms with Gasteiger partial charge in [-0.1, -0.05) is 20.8 Å². The van der Waals surface area contributed by atoms with Gasteiger partial charge in [0.25, 0.3) is 0 Å². The third-order valence-corrected chi connectivity index (χ3v) is 3.16. The molecule has 2 atom stereocenters. The number of nitrogens with one attached hydrogen (secondary N) is 2. The lowest BCUT2D eigenvalue weighted by atomic mass is 9.87. The van der Waals surface area contributed by atoms with Crippen molar-refractivity contribution in [2.45, 2.75) is 46.2 Å². The first-order valence-electron chi connectivity index (χ1n) is 5.97. The molecule has 0 aliphatic rings. The molecule has 5 nitrogen and oxygen atoms in total. The summed E-state index contributed by atoms with van der Waals surface area (Å²) in [5.41, 5.74) is -0.522. The lowest BCUT2D eigenvalue weighted by Gasteiger charge is -2.28. The van der Waals surface area contributed by atoms with Gasteiger partial charge in [0.15, 0.2) is 0 Å². The molecule has 0 saturated carbocycles. The van der Waals surface area contributed by atoms with E-state index in [1.165, 1.54) is 0 Å². The Labute approximate surface area is 113 Å². The molecule has 0 aliphatic carbocycles. The first kappa shape index (κ1) is 17.1. The van der Waals surface area contributed by atoms with Crippen molar-refractivity contribution < 1.29 is 14.7 Å². The van der Waals surface area contributed by atoms with Gasteiger partial charge in [0.05, 0.1) is 0 Å². The fourth-order valence-corrected chi connectivity index (χ4v) is 2.00. The SMILES string of the molecule is CSCCC(C)NC(=O)N[C@@H](C(=O)O)C(C)(C)C. The van der Waals surface area contributed by atoms with Gasteiger partial charge < -0.3 is 15.7 Å². The smallest absolute Gasteiger partial charge is 0.326 e. The number of carboxylic acids is 1. The number of hydrogen-bond acceptors (Lipinski definition) is 3. The highest BCUT2D eigenvalue weighted by Crippen LogP contribution is 2.19.